The lowest BCUT2D eigenvalue weighted by atomic mass is 10.1. The van der Waals surface area contributed by atoms with Crippen LogP contribution in [0.4, 0.5) is 0 Å². The summed E-state index contributed by atoms with van der Waals surface area (Å²) in [6, 6.07) is 0. The van der Waals surface area contributed by atoms with Crippen molar-refractivity contribution in [3.05, 3.63) is 11.4 Å². The first-order valence-corrected chi connectivity index (χ1v) is 5.05. The smallest absolute Gasteiger partial charge is 0.0861 e. The molecule has 0 fully saturated rings. The van der Waals surface area contributed by atoms with E-state index in [1.54, 1.807) is 0 Å². The maximum absolute atomic E-state index is 4.19. The Morgan fingerprint density at radius 1 is 1.38 bits per heavy atom. The summed E-state index contributed by atoms with van der Waals surface area (Å²) in [7, 11) is 1.97. The summed E-state index contributed by atoms with van der Waals surface area (Å²) in [5, 5.41) is 8.24. The molecule has 0 radical (unpaired) electrons. The average molecular weight is 181 g/mol. The molecule has 0 aliphatic rings. The Morgan fingerprint density at radius 3 is 2.62 bits per heavy atom. The lowest BCUT2D eigenvalue weighted by Crippen LogP contribution is -2.02. The molecule has 0 N–H and O–H groups in total. The van der Waals surface area contributed by atoms with Crippen molar-refractivity contribution in [3.8, 4) is 0 Å². The zero-order valence-electron chi connectivity index (χ0n) is 9.04. The Morgan fingerprint density at radius 2 is 2.08 bits per heavy atom. The molecule has 0 aromatic carbocycles. The lowest BCUT2D eigenvalue weighted by molar-refractivity contribution is 0.646. The Bertz CT molecular complexity index is 263. The van der Waals surface area contributed by atoms with E-state index in [-0.39, 0.29) is 0 Å². The summed E-state index contributed by atoms with van der Waals surface area (Å²) in [4.78, 5) is 0. The molecule has 1 aromatic heterocycles. The van der Waals surface area contributed by atoms with Gasteiger partial charge < -0.3 is 0 Å². The predicted molar refractivity (Wildman–Crippen MR) is 53.7 cm³/mol. The SMILES string of the molecule is CCCCc1nnn(C)c1C(C)C. The van der Waals surface area contributed by atoms with Crippen LogP contribution in [0.25, 0.3) is 0 Å². The summed E-state index contributed by atoms with van der Waals surface area (Å²) in [6.07, 6.45) is 3.49. The highest BCUT2D eigenvalue weighted by Crippen LogP contribution is 2.17. The number of hydrogen-bond donors (Lipinski definition) is 0. The van der Waals surface area contributed by atoms with Crippen LogP contribution < -0.4 is 0 Å². The van der Waals surface area contributed by atoms with Crippen LogP contribution in [0.3, 0.4) is 0 Å². The first kappa shape index (κ1) is 10.2. The van der Waals surface area contributed by atoms with Crippen molar-refractivity contribution in [2.45, 2.75) is 46.0 Å². The lowest BCUT2D eigenvalue weighted by Gasteiger charge is -2.06. The van der Waals surface area contributed by atoms with Crippen molar-refractivity contribution < 1.29 is 0 Å². The third-order valence-electron chi connectivity index (χ3n) is 2.26. The molecule has 0 unspecified atom stereocenters. The van der Waals surface area contributed by atoms with E-state index in [4.69, 9.17) is 0 Å². The maximum atomic E-state index is 4.19. The standard InChI is InChI=1S/C10H19N3/c1-5-6-7-9-10(8(2)3)13(4)12-11-9/h8H,5-7H2,1-4H3. The minimum atomic E-state index is 0.520. The number of aromatic nitrogens is 3. The molecule has 0 atom stereocenters. The number of unbranched alkanes of at least 4 members (excludes halogenated alkanes) is 1. The van der Waals surface area contributed by atoms with E-state index in [9.17, 15) is 0 Å². The topological polar surface area (TPSA) is 30.7 Å². The zero-order valence-corrected chi connectivity index (χ0v) is 9.04. The second-order valence-electron chi connectivity index (χ2n) is 3.80. The third-order valence-corrected chi connectivity index (χ3v) is 2.26. The van der Waals surface area contributed by atoms with Crippen molar-refractivity contribution in [2.24, 2.45) is 7.05 Å². The number of aryl methyl sites for hydroxylation is 2. The molecule has 0 amide bonds. The maximum Gasteiger partial charge on any atom is 0.0861 e. The van der Waals surface area contributed by atoms with Crippen LogP contribution in [-0.4, -0.2) is 15.0 Å². The quantitative estimate of drug-likeness (QED) is 0.713. The zero-order chi connectivity index (χ0) is 9.84. The largest absolute Gasteiger partial charge is 0.252 e. The van der Waals surface area contributed by atoms with Gasteiger partial charge >= 0.3 is 0 Å². The monoisotopic (exact) mass is 181 g/mol. The summed E-state index contributed by atoms with van der Waals surface area (Å²) in [5.74, 6) is 0.520. The van der Waals surface area contributed by atoms with Gasteiger partial charge in [-0.3, -0.25) is 4.68 Å². The van der Waals surface area contributed by atoms with E-state index in [2.05, 4.69) is 31.1 Å². The molecule has 0 aliphatic heterocycles. The molecule has 0 aliphatic carbocycles. The fraction of sp³-hybridized carbons (Fsp3) is 0.800. The van der Waals surface area contributed by atoms with Crippen LogP contribution in [0.1, 0.15) is 50.9 Å². The van der Waals surface area contributed by atoms with Crippen molar-refractivity contribution in [1.29, 1.82) is 0 Å². The second-order valence-corrected chi connectivity index (χ2v) is 3.80. The van der Waals surface area contributed by atoms with E-state index in [0.717, 1.165) is 6.42 Å². The highest BCUT2D eigenvalue weighted by Gasteiger charge is 2.12. The van der Waals surface area contributed by atoms with Crippen LogP contribution in [0.15, 0.2) is 0 Å². The number of hydrogen-bond acceptors (Lipinski definition) is 2. The first-order chi connectivity index (χ1) is 6.16. The molecular weight excluding hydrogens is 162 g/mol. The molecule has 3 heteroatoms. The minimum Gasteiger partial charge on any atom is -0.252 e. The first-order valence-electron chi connectivity index (χ1n) is 5.05. The van der Waals surface area contributed by atoms with E-state index in [0.29, 0.717) is 5.92 Å². The van der Waals surface area contributed by atoms with Gasteiger partial charge in [-0.2, -0.15) is 0 Å². The van der Waals surface area contributed by atoms with Gasteiger partial charge in [-0.05, 0) is 18.8 Å². The average Bonchev–Trinajstić information content (AvgIpc) is 2.43. The van der Waals surface area contributed by atoms with E-state index in [1.165, 1.54) is 24.2 Å². The molecule has 1 rings (SSSR count). The van der Waals surface area contributed by atoms with Gasteiger partial charge in [0, 0.05) is 7.05 Å². The number of nitrogens with zero attached hydrogens (tertiary/aromatic N) is 3. The number of rotatable bonds is 4. The van der Waals surface area contributed by atoms with Gasteiger partial charge in [0.05, 0.1) is 11.4 Å². The van der Waals surface area contributed by atoms with Crippen LogP contribution in [-0.2, 0) is 13.5 Å². The van der Waals surface area contributed by atoms with E-state index in [1.807, 2.05) is 11.7 Å². The molecule has 13 heavy (non-hydrogen) atoms. The van der Waals surface area contributed by atoms with Gasteiger partial charge in [0.2, 0.25) is 0 Å². The van der Waals surface area contributed by atoms with Crippen LogP contribution in [0.2, 0.25) is 0 Å². The summed E-state index contributed by atoms with van der Waals surface area (Å²) >= 11 is 0. The van der Waals surface area contributed by atoms with Gasteiger partial charge in [0.25, 0.3) is 0 Å². The molecule has 0 saturated carbocycles. The molecular formula is C10H19N3. The van der Waals surface area contributed by atoms with Crippen LogP contribution in [0, 0.1) is 0 Å². The molecule has 74 valence electrons. The summed E-state index contributed by atoms with van der Waals surface area (Å²) in [6.45, 7) is 6.58. The van der Waals surface area contributed by atoms with Crippen molar-refractivity contribution in [3.63, 3.8) is 0 Å². The van der Waals surface area contributed by atoms with Crippen molar-refractivity contribution >= 4 is 0 Å². The molecule has 0 saturated heterocycles. The Hall–Kier alpha value is -0.860. The second kappa shape index (κ2) is 4.40. The van der Waals surface area contributed by atoms with Crippen molar-refractivity contribution in [1.82, 2.24) is 15.0 Å². The Kier molecular flexibility index (Phi) is 3.46. The highest BCUT2D eigenvalue weighted by atomic mass is 15.4. The molecule has 1 heterocycles. The fourth-order valence-corrected chi connectivity index (χ4v) is 1.64. The van der Waals surface area contributed by atoms with Gasteiger partial charge in [0.1, 0.15) is 0 Å². The van der Waals surface area contributed by atoms with E-state index >= 15 is 0 Å². The van der Waals surface area contributed by atoms with Gasteiger partial charge in [0.15, 0.2) is 0 Å². The van der Waals surface area contributed by atoms with E-state index < -0.39 is 0 Å². The molecule has 1 aromatic rings. The molecule has 0 bridgehead atoms. The predicted octanol–water partition coefficient (Wildman–Crippen LogP) is 2.28. The summed E-state index contributed by atoms with van der Waals surface area (Å²) < 4.78 is 1.90. The highest BCUT2D eigenvalue weighted by molar-refractivity contribution is 5.13. The normalized spacial score (nSPS) is 11.2. The molecule has 3 nitrogen and oxygen atoms in total. The van der Waals surface area contributed by atoms with Crippen molar-refractivity contribution in [2.75, 3.05) is 0 Å². The van der Waals surface area contributed by atoms with Gasteiger partial charge in [-0.15, -0.1) is 5.10 Å². The van der Waals surface area contributed by atoms with Crippen LogP contribution in [0.5, 0.6) is 0 Å². The third kappa shape index (κ3) is 2.29. The Balaban J connectivity index is 2.81. The van der Waals surface area contributed by atoms with Crippen LogP contribution >= 0.6 is 0 Å². The Labute approximate surface area is 80.1 Å². The summed E-state index contributed by atoms with van der Waals surface area (Å²) in [5.41, 5.74) is 2.47. The fourth-order valence-electron chi connectivity index (χ4n) is 1.64. The molecule has 0 spiro atoms. The van der Waals surface area contributed by atoms with Gasteiger partial charge in [-0.1, -0.05) is 32.4 Å². The van der Waals surface area contributed by atoms with Gasteiger partial charge in [-0.25, -0.2) is 0 Å². The minimum absolute atomic E-state index is 0.520.